The standard InChI is InChI=1S/C13H22N2O4S/c1-10(14-7-8-20(17,18)15(2)3)12-9-11(19-4)5-6-13(12)16/h5-6,9-10,14,16H,7-8H2,1-4H3. The first-order valence-electron chi connectivity index (χ1n) is 6.28. The van der Waals surface area contributed by atoms with Crippen molar-refractivity contribution in [1.29, 1.82) is 0 Å². The van der Waals surface area contributed by atoms with E-state index in [9.17, 15) is 13.5 Å². The van der Waals surface area contributed by atoms with Crippen LogP contribution in [0.1, 0.15) is 18.5 Å². The highest BCUT2D eigenvalue weighted by Gasteiger charge is 2.15. The Kier molecular flexibility index (Phi) is 5.79. The minimum absolute atomic E-state index is 0.00900. The Bertz CT molecular complexity index is 543. The molecule has 1 aromatic carbocycles. The smallest absolute Gasteiger partial charge is 0.214 e. The van der Waals surface area contributed by atoms with Crippen LogP contribution < -0.4 is 10.1 Å². The second-order valence-corrected chi connectivity index (χ2v) is 7.00. The van der Waals surface area contributed by atoms with Crippen molar-refractivity contribution >= 4 is 10.0 Å². The molecule has 114 valence electrons. The molecule has 1 unspecified atom stereocenters. The third-order valence-corrected chi connectivity index (χ3v) is 4.90. The summed E-state index contributed by atoms with van der Waals surface area (Å²) in [7, 11) is 1.35. The van der Waals surface area contributed by atoms with Crippen LogP contribution in [0.3, 0.4) is 0 Å². The monoisotopic (exact) mass is 302 g/mol. The number of methoxy groups -OCH3 is 1. The number of ether oxygens (including phenoxy) is 1. The van der Waals surface area contributed by atoms with E-state index in [1.807, 2.05) is 6.92 Å². The summed E-state index contributed by atoms with van der Waals surface area (Å²) in [6, 6.07) is 4.78. The highest BCUT2D eigenvalue weighted by atomic mass is 32.2. The largest absolute Gasteiger partial charge is 0.508 e. The molecular formula is C13H22N2O4S. The fraction of sp³-hybridized carbons (Fsp3) is 0.538. The highest BCUT2D eigenvalue weighted by molar-refractivity contribution is 7.89. The van der Waals surface area contributed by atoms with Crippen molar-refractivity contribution in [2.75, 3.05) is 33.5 Å². The lowest BCUT2D eigenvalue weighted by Crippen LogP contribution is -2.32. The molecule has 0 spiro atoms. The van der Waals surface area contributed by atoms with Gasteiger partial charge >= 0.3 is 0 Å². The number of benzene rings is 1. The van der Waals surface area contributed by atoms with E-state index in [1.54, 1.807) is 25.3 Å². The summed E-state index contributed by atoms with van der Waals surface area (Å²) < 4.78 is 29.6. The molecule has 0 saturated heterocycles. The molecule has 2 N–H and O–H groups in total. The van der Waals surface area contributed by atoms with Gasteiger partial charge in [-0.2, -0.15) is 0 Å². The Hall–Kier alpha value is -1.31. The van der Waals surface area contributed by atoms with Gasteiger partial charge in [-0.3, -0.25) is 0 Å². The zero-order chi connectivity index (χ0) is 15.3. The second-order valence-electron chi connectivity index (χ2n) is 4.70. The molecule has 0 aromatic heterocycles. The van der Waals surface area contributed by atoms with Crippen molar-refractivity contribution in [1.82, 2.24) is 9.62 Å². The van der Waals surface area contributed by atoms with Gasteiger partial charge in [0, 0.05) is 32.2 Å². The summed E-state index contributed by atoms with van der Waals surface area (Å²) in [5.74, 6) is 0.809. The molecule has 0 bridgehead atoms. The molecule has 0 radical (unpaired) electrons. The minimum atomic E-state index is -3.22. The third-order valence-electron chi connectivity index (χ3n) is 3.07. The van der Waals surface area contributed by atoms with E-state index < -0.39 is 10.0 Å². The van der Waals surface area contributed by atoms with Crippen LogP contribution in [-0.2, 0) is 10.0 Å². The lowest BCUT2D eigenvalue weighted by Gasteiger charge is -2.17. The molecule has 0 aliphatic carbocycles. The fourth-order valence-electron chi connectivity index (χ4n) is 1.70. The average Bonchev–Trinajstić information content (AvgIpc) is 2.38. The number of phenolic OH excluding ortho intramolecular Hbond substituents is 1. The summed E-state index contributed by atoms with van der Waals surface area (Å²) in [5, 5.41) is 12.9. The fourth-order valence-corrected chi connectivity index (χ4v) is 2.44. The number of nitrogens with zero attached hydrogens (tertiary/aromatic N) is 1. The van der Waals surface area contributed by atoms with Gasteiger partial charge in [-0.05, 0) is 25.1 Å². The first-order valence-corrected chi connectivity index (χ1v) is 7.89. The third kappa shape index (κ3) is 4.36. The van der Waals surface area contributed by atoms with Crippen LogP contribution in [0.5, 0.6) is 11.5 Å². The minimum Gasteiger partial charge on any atom is -0.508 e. The second kappa shape index (κ2) is 6.92. The van der Waals surface area contributed by atoms with Crippen molar-refractivity contribution < 1.29 is 18.3 Å². The number of hydrogen-bond donors (Lipinski definition) is 2. The first-order chi connectivity index (χ1) is 9.27. The lowest BCUT2D eigenvalue weighted by molar-refractivity contribution is 0.408. The van der Waals surface area contributed by atoms with Gasteiger partial charge in [0.15, 0.2) is 0 Å². The maximum atomic E-state index is 11.6. The Balaban J connectivity index is 2.66. The van der Waals surface area contributed by atoms with Crippen LogP contribution in [0, 0.1) is 0 Å². The van der Waals surface area contributed by atoms with Gasteiger partial charge in [0.2, 0.25) is 10.0 Å². The SMILES string of the molecule is COc1ccc(O)c(C(C)NCCS(=O)(=O)N(C)C)c1. The summed E-state index contributed by atoms with van der Waals surface area (Å²) >= 11 is 0. The van der Waals surface area contributed by atoms with E-state index in [-0.39, 0.29) is 17.5 Å². The summed E-state index contributed by atoms with van der Waals surface area (Å²) in [6.45, 7) is 2.16. The Labute approximate surface area is 120 Å². The number of hydrogen-bond acceptors (Lipinski definition) is 5. The molecule has 0 fully saturated rings. The summed E-state index contributed by atoms with van der Waals surface area (Å²) in [4.78, 5) is 0. The van der Waals surface area contributed by atoms with Gasteiger partial charge in [-0.15, -0.1) is 0 Å². The van der Waals surface area contributed by atoms with Gasteiger partial charge in [0.05, 0.1) is 12.9 Å². The molecule has 6 nitrogen and oxygen atoms in total. The zero-order valence-corrected chi connectivity index (χ0v) is 13.1. The molecular weight excluding hydrogens is 280 g/mol. The molecule has 1 rings (SSSR count). The number of phenols is 1. The Morgan fingerprint density at radius 3 is 2.60 bits per heavy atom. The van der Waals surface area contributed by atoms with Crippen molar-refractivity contribution in [2.24, 2.45) is 0 Å². The van der Waals surface area contributed by atoms with Gasteiger partial charge < -0.3 is 15.2 Å². The number of aromatic hydroxyl groups is 1. The number of rotatable bonds is 7. The topological polar surface area (TPSA) is 78.9 Å². The molecule has 7 heteroatoms. The van der Waals surface area contributed by atoms with E-state index in [0.717, 1.165) is 0 Å². The molecule has 0 saturated carbocycles. The van der Waals surface area contributed by atoms with Crippen LogP contribution in [-0.4, -0.2) is 51.3 Å². The Morgan fingerprint density at radius 2 is 2.05 bits per heavy atom. The van der Waals surface area contributed by atoms with Gasteiger partial charge in [0.25, 0.3) is 0 Å². The van der Waals surface area contributed by atoms with E-state index in [4.69, 9.17) is 4.74 Å². The van der Waals surface area contributed by atoms with E-state index in [1.165, 1.54) is 18.4 Å². The van der Waals surface area contributed by atoms with Crippen LogP contribution in [0.2, 0.25) is 0 Å². The first kappa shape index (κ1) is 16.7. The Morgan fingerprint density at radius 1 is 1.40 bits per heavy atom. The van der Waals surface area contributed by atoms with Crippen molar-refractivity contribution in [3.8, 4) is 11.5 Å². The average molecular weight is 302 g/mol. The van der Waals surface area contributed by atoms with Crippen LogP contribution in [0.4, 0.5) is 0 Å². The number of sulfonamides is 1. The van der Waals surface area contributed by atoms with Gasteiger partial charge in [-0.25, -0.2) is 12.7 Å². The van der Waals surface area contributed by atoms with Crippen LogP contribution >= 0.6 is 0 Å². The van der Waals surface area contributed by atoms with Crippen LogP contribution in [0.15, 0.2) is 18.2 Å². The number of nitrogens with one attached hydrogen (secondary N) is 1. The maximum absolute atomic E-state index is 11.6. The van der Waals surface area contributed by atoms with Gasteiger partial charge in [0.1, 0.15) is 11.5 Å². The molecule has 20 heavy (non-hydrogen) atoms. The van der Waals surface area contributed by atoms with E-state index >= 15 is 0 Å². The van der Waals surface area contributed by atoms with Crippen molar-refractivity contribution in [3.05, 3.63) is 23.8 Å². The predicted octanol–water partition coefficient (Wildman–Crippen LogP) is 0.943. The summed E-state index contributed by atoms with van der Waals surface area (Å²) in [6.07, 6.45) is 0. The highest BCUT2D eigenvalue weighted by Crippen LogP contribution is 2.28. The van der Waals surface area contributed by atoms with E-state index in [2.05, 4.69) is 5.32 Å². The van der Waals surface area contributed by atoms with Crippen molar-refractivity contribution in [2.45, 2.75) is 13.0 Å². The molecule has 0 aliphatic rings. The zero-order valence-electron chi connectivity index (χ0n) is 12.3. The summed E-state index contributed by atoms with van der Waals surface area (Å²) in [5.41, 5.74) is 0.673. The molecule has 0 amide bonds. The van der Waals surface area contributed by atoms with Gasteiger partial charge in [-0.1, -0.05) is 0 Å². The normalized spacial score (nSPS) is 13.4. The molecule has 1 atom stereocenters. The maximum Gasteiger partial charge on any atom is 0.214 e. The molecule has 0 aliphatic heterocycles. The molecule has 0 heterocycles. The lowest BCUT2D eigenvalue weighted by atomic mass is 10.1. The van der Waals surface area contributed by atoms with Crippen molar-refractivity contribution in [3.63, 3.8) is 0 Å². The van der Waals surface area contributed by atoms with E-state index in [0.29, 0.717) is 17.9 Å². The predicted molar refractivity (Wildman–Crippen MR) is 78.6 cm³/mol. The van der Waals surface area contributed by atoms with Crippen LogP contribution in [0.25, 0.3) is 0 Å². The quantitative estimate of drug-likeness (QED) is 0.784. The molecule has 1 aromatic rings.